The topological polar surface area (TPSA) is 20.3 Å². The molecule has 1 aliphatic heterocycles. The molecule has 0 fully saturated rings. The molecule has 0 radical (unpaired) electrons. The van der Waals surface area contributed by atoms with Crippen molar-refractivity contribution in [3.05, 3.63) is 58.1 Å². The average molecular weight is 272 g/mol. The molecule has 0 unspecified atom stereocenters. The fourth-order valence-corrected chi connectivity index (χ4v) is 2.88. The lowest BCUT2D eigenvalue weighted by molar-refractivity contribution is 0.112. The van der Waals surface area contributed by atoms with Crippen molar-refractivity contribution in [3.63, 3.8) is 0 Å². The van der Waals surface area contributed by atoms with Gasteiger partial charge in [0.25, 0.3) is 0 Å². The van der Waals surface area contributed by atoms with Crippen LogP contribution in [0.5, 0.6) is 0 Å². The van der Waals surface area contributed by atoms with Crippen molar-refractivity contribution in [2.75, 3.05) is 11.9 Å². The lowest BCUT2D eigenvalue weighted by atomic mass is 10.0. The van der Waals surface area contributed by atoms with Crippen molar-refractivity contribution in [2.24, 2.45) is 0 Å². The normalized spacial score (nSPS) is 13.5. The summed E-state index contributed by atoms with van der Waals surface area (Å²) >= 11 is 6.15. The van der Waals surface area contributed by atoms with E-state index in [1.165, 1.54) is 16.8 Å². The van der Waals surface area contributed by atoms with Gasteiger partial charge in [-0.3, -0.25) is 4.79 Å². The number of nitrogens with zero attached hydrogens (tertiary/aromatic N) is 1. The largest absolute Gasteiger partial charge is 0.344 e. The zero-order chi connectivity index (χ0) is 13.4. The molecule has 96 valence electrons. The van der Waals surface area contributed by atoms with E-state index in [1.807, 2.05) is 25.2 Å². The first kappa shape index (κ1) is 12.2. The molecule has 0 saturated carbocycles. The molecule has 0 saturated heterocycles. The molecule has 3 rings (SSSR count). The lowest BCUT2D eigenvalue weighted by Gasteiger charge is -2.22. The number of rotatable bonds is 1. The Labute approximate surface area is 117 Å². The van der Waals surface area contributed by atoms with E-state index in [4.69, 9.17) is 11.6 Å². The van der Waals surface area contributed by atoms with Gasteiger partial charge < -0.3 is 4.90 Å². The van der Waals surface area contributed by atoms with Crippen LogP contribution in [0.4, 0.5) is 11.4 Å². The van der Waals surface area contributed by atoms with Crippen molar-refractivity contribution >= 4 is 29.3 Å². The second kappa shape index (κ2) is 4.71. The zero-order valence-electron chi connectivity index (χ0n) is 10.7. The summed E-state index contributed by atoms with van der Waals surface area (Å²) in [5, 5.41) is 0.514. The molecule has 2 nitrogen and oxygen atoms in total. The van der Waals surface area contributed by atoms with Gasteiger partial charge in [0.1, 0.15) is 0 Å². The number of aryl methyl sites for hydroxylation is 2. The molecule has 1 aliphatic rings. The van der Waals surface area contributed by atoms with Crippen LogP contribution in [-0.4, -0.2) is 13.3 Å². The first-order valence-electron chi connectivity index (χ1n) is 6.30. The van der Waals surface area contributed by atoms with Crippen LogP contribution in [0.3, 0.4) is 0 Å². The molecule has 0 N–H and O–H groups in total. The third-order valence-corrected chi connectivity index (χ3v) is 4.03. The highest BCUT2D eigenvalue weighted by Crippen LogP contribution is 2.37. The molecule has 0 spiro atoms. The maximum Gasteiger partial charge on any atom is 0.151 e. The van der Waals surface area contributed by atoms with Gasteiger partial charge in [0.2, 0.25) is 0 Å². The number of fused-ring (bicyclic) bond motifs is 2. The number of halogens is 1. The Bertz CT molecular complexity index is 651. The molecule has 2 aromatic rings. The van der Waals surface area contributed by atoms with Gasteiger partial charge in [0, 0.05) is 24.0 Å². The zero-order valence-corrected chi connectivity index (χ0v) is 11.4. The third-order valence-electron chi connectivity index (χ3n) is 3.70. The molecule has 0 amide bonds. The van der Waals surface area contributed by atoms with Gasteiger partial charge >= 0.3 is 0 Å². The van der Waals surface area contributed by atoms with Gasteiger partial charge in [-0.1, -0.05) is 29.8 Å². The molecule has 19 heavy (non-hydrogen) atoms. The van der Waals surface area contributed by atoms with Crippen molar-refractivity contribution in [1.29, 1.82) is 0 Å². The summed E-state index contributed by atoms with van der Waals surface area (Å²) in [4.78, 5) is 13.2. The fraction of sp³-hybridized carbons (Fsp3) is 0.188. The molecule has 0 atom stereocenters. The molecule has 3 heteroatoms. The fourth-order valence-electron chi connectivity index (χ4n) is 2.68. The van der Waals surface area contributed by atoms with E-state index in [0.29, 0.717) is 10.6 Å². The second-order valence-electron chi connectivity index (χ2n) is 4.81. The predicted molar refractivity (Wildman–Crippen MR) is 78.8 cm³/mol. The van der Waals surface area contributed by atoms with E-state index < -0.39 is 0 Å². The molecule has 1 heterocycles. The summed E-state index contributed by atoms with van der Waals surface area (Å²) < 4.78 is 0. The van der Waals surface area contributed by atoms with Gasteiger partial charge in [-0.05, 0) is 42.2 Å². The molecule has 0 aliphatic carbocycles. The standard InChI is InChI=1S/C16H14ClNO/c1-18-15-5-3-2-4-11(15)6-7-12-8-13(10-19)14(17)9-16(12)18/h2-5,8-10H,6-7H2,1H3. The summed E-state index contributed by atoms with van der Waals surface area (Å²) in [5.41, 5.74) is 5.35. The number of carbonyl (C=O) groups excluding carboxylic acids is 1. The van der Waals surface area contributed by atoms with Crippen LogP contribution in [-0.2, 0) is 12.8 Å². The summed E-state index contributed by atoms with van der Waals surface area (Å²) in [6, 6.07) is 12.2. The van der Waals surface area contributed by atoms with E-state index in [1.54, 1.807) is 0 Å². The first-order chi connectivity index (χ1) is 9.20. The van der Waals surface area contributed by atoms with E-state index in [0.717, 1.165) is 24.8 Å². The number of hydrogen-bond donors (Lipinski definition) is 0. The number of hydrogen-bond acceptors (Lipinski definition) is 2. The van der Waals surface area contributed by atoms with Crippen molar-refractivity contribution in [1.82, 2.24) is 0 Å². The number of anilines is 2. The van der Waals surface area contributed by atoms with Crippen LogP contribution in [0.1, 0.15) is 21.5 Å². The highest BCUT2D eigenvalue weighted by atomic mass is 35.5. The third kappa shape index (κ3) is 2.02. The van der Waals surface area contributed by atoms with E-state index in [2.05, 4.69) is 23.1 Å². The van der Waals surface area contributed by atoms with Crippen LogP contribution < -0.4 is 4.90 Å². The Morgan fingerprint density at radius 1 is 1.11 bits per heavy atom. The second-order valence-corrected chi connectivity index (χ2v) is 5.22. The van der Waals surface area contributed by atoms with Crippen molar-refractivity contribution < 1.29 is 4.79 Å². The number of para-hydroxylation sites is 1. The Morgan fingerprint density at radius 3 is 2.63 bits per heavy atom. The Kier molecular flexibility index (Phi) is 3.03. The summed E-state index contributed by atoms with van der Waals surface area (Å²) in [5.74, 6) is 0. The maximum atomic E-state index is 11.0. The van der Waals surface area contributed by atoms with E-state index in [-0.39, 0.29) is 0 Å². The Morgan fingerprint density at radius 2 is 1.84 bits per heavy atom. The smallest absolute Gasteiger partial charge is 0.151 e. The number of carbonyl (C=O) groups is 1. The van der Waals surface area contributed by atoms with Crippen LogP contribution in [0.25, 0.3) is 0 Å². The average Bonchev–Trinajstić information content (AvgIpc) is 2.57. The summed E-state index contributed by atoms with van der Waals surface area (Å²) in [6.07, 6.45) is 2.72. The molecule has 0 aromatic heterocycles. The Balaban J connectivity index is 2.18. The minimum atomic E-state index is 0.514. The van der Waals surface area contributed by atoms with Crippen LogP contribution in [0.2, 0.25) is 5.02 Å². The van der Waals surface area contributed by atoms with Gasteiger partial charge in [-0.15, -0.1) is 0 Å². The van der Waals surface area contributed by atoms with Gasteiger partial charge in [0.15, 0.2) is 6.29 Å². The van der Waals surface area contributed by atoms with Gasteiger partial charge in [-0.25, -0.2) is 0 Å². The lowest BCUT2D eigenvalue weighted by Crippen LogP contribution is -2.11. The molecule has 2 aromatic carbocycles. The molecular weight excluding hydrogens is 258 g/mol. The van der Waals surface area contributed by atoms with Crippen molar-refractivity contribution in [3.8, 4) is 0 Å². The highest BCUT2D eigenvalue weighted by Gasteiger charge is 2.18. The highest BCUT2D eigenvalue weighted by molar-refractivity contribution is 6.33. The minimum Gasteiger partial charge on any atom is -0.344 e. The number of benzene rings is 2. The maximum absolute atomic E-state index is 11.0. The summed E-state index contributed by atoms with van der Waals surface area (Å²) in [7, 11) is 2.04. The number of aldehydes is 1. The quantitative estimate of drug-likeness (QED) is 0.730. The molecule has 0 bridgehead atoms. The summed E-state index contributed by atoms with van der Waals surface area (Å²) in [6.45, 7) is 0. The SMILES string of the molecule is CN1c2ccccc2CCc2cc(C=O)c(Cl)cc21. The van der Waals surface area contributed by atoms with Crippen LogP contribution in [0, 0.1) is 0 Å². The van der Waals surface area contributed by atoms with Gasteiger partial charge in [0.05, 0.1) is 5.02 Å². The minimum absolute atomic E-state index is 0.514. The molecular formula is C16H14ClNO. The predicted octanol–water partition coefficient (Wildman–Crippen LogP) is 4.02. The van der Waals surface area contributed by atoms with Crippen molar-refractivity contribution in [2.45, 2.75) is 12.8 Å². The van der Waals surface area contributed by atoms with Crippen LogP contribution in [0.15, 0.2) is 36.4 Å². The Hall–Kier alpha value is -1.80. The first-order valence-corrected chi connectivity index (χ1v) is 6.67. The monoisotopic (exact) mass is 271 g/mol. The van der Waals surface area contributed by atoms with E-state index in [9.17, 15) is 4.79 Å². The van der Waals surface area contributed by atoms with E-state index >= 15 is 0 Å². The van der Waals surface area contributed by atoms with Crippen LogP contribution >= 0.6 is 11.6 Å². The van der Waals surface area contributed by atoms with Gasteiger partial charge in [-0.2, -0.15) is 0 Å².